The lowest BCUT2D eigenvalue weighted by Gasteiger charge is -2.14. The van der Waals surface area contributed by atoms with Crippen LogP contribution in [0.3, 0.4) is 0 Å². The van der Waals surface area contributed by atoms with Gasteiger partial charge in [-0.2, -0.15) is 0 Å². The minimum Gasteiger partial charge on any atom is -0.497 e. The molecule has 0 saturated heterocycles. The van der Waals surface area contributed by atoms with Crippen LogP contribution in [0, 0.1) is 0 Å². The number of hydrogen-bond acceptors (Lipinski definition) is 3. The molecule has 2 nitrogen and oxygen atoms in total. The van der Waals surface area contributed by atoms with Gasteiger partial charge in [-0.15, -0.1) is 11.3 Å². The summed E-state index contributed by atoms with van der Waals surface area (Å²) >= 11 is 8.84. The molecule has 19 heavy (non-hydrogen) atoms. The number of rotatable bonds is 5. The van der Waals surface area contributed by atoms with E-state index in [0.717, 1.165) is 20.4 Å². The summed E-state index contributed by atoms with van der Waals surface area (Å²) in [5, 5.41) is 3.37. The zero-order valence-corrected chi connectivity index (χ0v) is 14.7. The highest BCUT2D eigenvalue weighted by Crippen LogP contribution is 2.36. The fourth-order valence-electron chi connectivity index (χ4n) is 1.88. The van der Waals surface area contributed by atoms with Gasteiger partial charge >= 0.3 is 0 Å². The highest BCUT2D eigenvalue weighted by Gasteiger charge is 2.14. The fraction of sp³-hybridized carbons (Fsp3) is 0.286. The van der Waals surface area contributed by atoms with Crippen molar-refractivity contribution < 1.29 is 4.74 Å². The van der Waals surface area contributed by atoms with Crippen molar-refractivity contribution >= 4 is 43.2 Å². The van der Waals surface area contributed by atoms with E-state index in [9.17, 15) is 0 Å². The van der Waals surface area contributed by atoms with E-state index in [1.165, 1.54) is 10.4 Å². The Labute approximate surface area is 134 Å². The Balaban J connectivity index is 2.13. The Morgan fingerprint density at radius 3 is 2.42 bits per heavy atom. The molecule has 0 radical (unpaired) electrons. The molecule has 0 saturated carbocycles. The first-order valence-electron chi connectivity index (χ1n) is 5.89. The van der Waals surface area contributed by atoms with E-state index in [2.05, 4.69) is 55.4 Å². The van der Waals surface area contributed by atoms with E-state index in [1.54, 1.807) is 18.4 Å². The average molecular weight is 405 g/mol. The molecule has 0 fully saturated rings. The number of methoxy groups -OCH3 is 1. The summed E-state index contributed by atoms with van der Waals surface area (Å²) in [5.74, 6) is 0.895. The van der Waals surface area contributed by atoms with Crippen LogP contribution in [0.1, 0.15) is 16.5 Å². The monoisotopic (exact) mass is 403 g/mol. The largest absolute Gasteiger partial charge is 0.497 e. The van der Waals surface area contributed by atoms with Crippen molar-refractivity contribution in [1.29, 1.82) is 0 Å². The average Bonchev–Trinajstić information content (AvgIpc) is 2.76. The number of ether oxygens (including phenoxy) is 1. The zero-order valence-electron chi connectivity index (χ0n) is 10.7. The van der Waals surface area contributed by atoms with Gasteiger partial charge in [-0.3, -0.25) is 0 Å². The topological polar surface area (TPSA) is 21.3 Å². The SMILES string of the molecule is CNC(Cc1ccc(OC)cc1)c1cc(Br)c(Br)s1. The van der Waals surface area contributed by atoms with Crippen molar-refractivity contribution in [2.75, 3.05) is 14.2 Å². The number of nitrogens with one attached hydrogen (secondary N) is 1. The Morgan fingerprint density at radius 2 is 1.95 bits per heavy atom. The fourth-order valence-corrected chi connectivity index (χ4v) is 4.08. The molecule has 1 N–H and O–H groups in total. The van der Waals surface area contributed by atoms with Crippen LogP contribution in [0.25, 0.3) is 0 Å². The third kappa shape index (κ3) is 3.81. The van der Waals surface area contributed by atoms with Crippen molar-refractivity contribution in [3.8, 4) is 5.75 Å². The second-order valence-corrected chi connectivity index (χ2v) is 7.42. The lowest BCUT2D eigenvalue weighted by Crippen LogP contribution is -2.17. The van der Waals surface area contributed by atoms with E-state index in [1.807, 2.05) is 19.2 Å². The summed E-state index contributed by atoms with van der Waals surface area (Å²) in [4.78, 5) is 1.32. The van der Waals surface area contributed by atoms with Gasteiger partial charge in [0.15, 0.2) is 0 Å². The van der Waals surface area contributed by atoms with Crippen molar-refractivity contribution in [1.82, 2.24) is 5.32 Å². The van der Waals surface area contributed by atoms with Crippen molar-refractivity contribution in [3.05, 3.63) is 49.0 Å². The summed E-state index contributed by atoms with van der Waals surface area (Å²) in [5.41, 5.74) is 1.29. The predicted molar refractivity (Wildman–Crippen MR) is 88.2 cm³/mol. The molecule has 0 spiro atoms. The van der Waals surface area contributed by atoms with E-state index in [-0.39, 0.29) is 0 Å². The van der Waals surface area contributed by atoms with Gasteiger partial charge in [0.1, 0.15) is 5.75 Å². The molecule has 0 aliphatic rings. The molecule has 1 heterocycles. The number of hydrogen-bond donors (Lipinski definition) is 1. The smallest absolute Gasteiger partial charge is 0.118 e. The Hall–Kier alpha value is -0.360. The van der Waals surface area contributed by atoms with Crippen molar-refractivity contribution in [3.63, 3.8) is 0 Å². The van der Waals surface area contributed by atoms with Gasteiger partial charge in [0.05, 0.1) is 10.9 Å². The Morgan fingerprint density at radius 1 is 1.26 bits per heavy atom. The number of likely N-dealkylation sites (N-methyl/N-ethyl adjacent to an activating group) is 1. The molecule has 5 heteroatoms. The van der Waals surface area contributed by atoms with E-state index >= 15 is 0 Å². The first-order chi connectivity index (χ1) is 9.13. The molecule has 1 atom stereocenters. The van der Waals surface area contributed by atoms with Crippen LogP contribution in [-0.2, 0) is 6.42 Å². The maximum absolute atomic E-state index is 5.18. The molecular formula is C14H15Br2NOS. The van der Waals surface area contributed by atoms with Crippen LogP contribution in [0.2, 0.25) is 0 Å². The number of halogens is 2. The molecule has 0 bridgehead atoms. The van der Waals surface area contributed by atoms with Crippen LogP contribution in [0.5, 0.6) is 5.75 Å². The third-order valence-corrected chi connectivity index (χ3v) is 6.32. The maximum Gasteiger partial charge on any atom is 0.118 e. The molecule has 1 aromatic carbocycles. The van der Waals surface area contributed by atoms with Gasteiger partial charge in [-0.05, 0) is 69.1 Å². The summed E-state index contributed by atoms with van der Waals surface area (Å²) < 4.78 is 7.43. The Bertz CT molecular complexity index is 519. The highest BCUT2D eigenvalue weighted by atomic mass is 79.9. The molecule has 2 rings (SSSR count). The standard InChI is InChI=1S/C14H15Br2NOS/c1-17-12(13-8-11(15)14(16)19-13)7-9-3-5-10(18-2)6-4-9/h3-6,8,12,17H,7H2,1-2H3. The summed E-state index contributed by atoms with van der Waals surface area (Å²) in [7, 11) is 3.68. The summed E-state index contributed by atoms with van der Waals surface area (Å²) in [6, 6.07) is 10.7. The van der Waals surface area contributed by atoms with Gasteiger partial charge in [-0.25, -0.2) is 0 Å². The number of thiophene rings is 1. The van der Waals surface area contributed by atoms with Crippen molar-refractivity contribution in [2.24, 2.45) is 0 Å². The molecule has 0 aliphatic carbocycles. The molecule has 1 aromatic heterocycles. The zero-order chi connectivity index (χ0) is 13.8. The van der Waals surface area contributed by atoms with Gasteiger partial charge in [0, 0.05) is 15.4 Å². The van der Waals surface area contributed by atoms with E-state index in [4.69, 9.17) is 4.74 Å². The lowest BCUT2D eigenvalue weighted by molar-refractivity contribution is 0.414. The van der Waals surface area contributed by atoms with Crippen LogP contribution < -0.4 is 10.1 Å². The molecular weight excluding hydrogens is 390 g/mol. The quantitative estimate of drug-likeness (QED) is 0.773. The lowest BCUT2D eigenvalue weighted by atomic mass is 10.0. The van der Waals surface area contributed by atoms with Crippen LogP contribution in [-0.4, -0.2) is 14.2 Å². The van der Waals surface area contributed by atoms with Crippen LogP contribution >= 0.6 is 43.2 Å². The second kappa shape index (κ2) is 6.88. The molecule has 2 aromatic rings. The predicted octanol–water partition coefficient (Wildman–Crippen LogP) is 4.78. The van der Waals surface area contributed by atoms with E-state index < -0.39 is 0 Å². The maximum atomic E-state index is 5.18. The van der Waals surface area contributed by atoms with Crippen LogP contribution in [0.4, 0.5) is 0 Å². The molecule has 1 unspecified atom stereocenters. The minimum absolute atomic E-state index is 0.320. The normalized spacial score (nSPS) is 12.4. The highest BCUT2D eigenvalue weighted by molar-refractivity contribution is 9.13. The van der Waals surface area contributed by atoms with Gasteiger partial charge in [0.2, 0.25) is 0 Å². The van der Waals surface area contributed by atoms with Crippen LogP contribution in [0.15, 0.2) is 38.6 Å². The number of benzene rings is 1. The summed E-state index contributed by atoms with van der Waals surface area (Å²) in [6.07, 6.45) is 0.958. The van der Waals surface area contributed by atoms with Gasteiger partial charge < -0.3 is 10.1 Å². The Kier molecular flexibility index (Phi) is 5.45. The first-order valence-corrected chi connectivity index (χ1v) is 8.29. The second-order valence-electron chi connectivity index (χ2n) is 4.16. The minimum atomic E-state index is 0.320. The molecule has 102 valence electrons. The third-order valence-electron chi connectivity index (χ3n) is 2.95. The van der Waals surface area contributed by atoms with E-state index in [0.29, 0.717) is 6.04 Å². The van der Waals surface area contributed by atoms with Gasteiger partial charge in [-0.1, -0.05) is 12.1 Å². The molecule has 0 aliphatic heterocycles. The van der Waals surface area contributed by atoms with Gasteiger partial charge in [0.25, 0.3) is 0 Å². The van der Waals surface area contributed by atoms with Crippen molar-refractivity contribution in [2.45, 2.75) is 12.5 Å². The first kappa shape index (κ1) is 15.0. The molecule has 0 amide bonds. The summed E-state index contributed by atoms with van der Waals surface area (Å²) in [6.45, 7) is 0.